The van der Waals surface area contributed by atoms with Gasteiger partial charge in [0.1, 0.15) is 11.7 Å². The van der Waals surface area contributed by atoms with Crippen LogP contribution in [0.2, 0.25) is 0 Å². The van der Waals surface area contributed by atoms with E-state index in [-0.39, 0.29) is 5.84 Å². The third kappa shape index (κ3) is 2.81. The number of nitrogen functional groups attached to an aromatic ring is 1. The van der Waals surface area contributed by atoms with Gasteiger partial charge in [-0.2, -0.15) is 0 Å². The van der Waals surface area contributed by atoms with Gasteiger partial charge in [0.2, 0.25) is 0 Å². The number of nitrogens with one attached hydrogen (secondary N) is 1. The molecule has 1 aromatic heterocycles. The summed E-state index contributed by atoms with van der Waals surface area (Å²) in [6.45, 7) is 4.04. The highest BCUT2D eigenvalue weighted by molar-refractivity contribution is 6.01. The van der Waals surface area contributed by atoms with E-state index in [0.29, 0.717) is 0 Å². The number of pyridine rings is 1. The Bertz CT molecular complexity index is 420. The molecule has 1 aliphatic rings. The van der Waals surface area contributed by atoms with Crippen molar-refractivity contribution in [3.05, 3.63) is 23.4 Å². The maximum atomic E-state index is 7.74. The first-order valence-electron chi connectivity index (χ1n) is 6.75. The molecule has 4 heteroatoms. The average Bonchev–Trinajstić information content (AvgIpc) is 2.27. The summed E-state index contributed by atoms with van der Waals surface area (Å²) in [6.07, 6.45) is 8.14. The van der Waals surface area contributed by atoms with Crippen molar-refractivity contribution in [2.45, 2.75) is 39.0 Å². The van der Waals surface area contributed by atoms with Crippen molar-refractivity contribution in [3.8, 4) is 0 Å². The van der Waals surface area contributed by atoms with Crippen LogP contribution in [0.4, 0.5) is 5.82 Å². The smallest absolute Gasteiger partial charge is 0.139 e. The molecule has 0 aliphatic carbocycles. The van der Waals surface area contributed by atoms with Crippen LogP contribution in [0.3, 0.4) is 0 Å². The highest BCUT2D eigenvalue weighted by Gasteiger charge is 2.17. The summed E-state index contributed by atoms with van der Waals surface area (Å²) in [5.74, 6) is 1.02. The molecule has 2 rings (SSSR count). The second-order valence-corrected chi connectivity index (χ2v) is 4.99. The van der Waals surface area contributed by atoms with Crippen LogP contribution in [0.15, 0.2) is 12.3 Å². The van der Waals surface area contributed by atoms with Crippen LogP contribution in [0.5, 0.6) is 0 Å². The van der Waals surface area contributed by atoms with Gasteiger partial charge in [-0.05, 0) is 31.4 Å². The summed E-state index contributed by atoms with van der Waals surface area (Å²) in [4.78, 5) is 6.76. The fourth-order valence-electron chi connectivity index (χ4n) is 2.58. The van der Waals surface area contributed by atoms with Crippen molar-refractivity contribution >= 4 is 11.7 Å². The van der Waals surface area contributed by atoms with Crippen LogP contribution in [0.1, 0.15) is 43.2 Å². The van der Waals surface area contributed by atoms with Gasteiger partial charge in [0, 0.05) is 19.3 Å². The summed E-state index contributed by atoms with van der Waals surface area (Å²) in [5, 5.41) is 7.74. The quantitative estimate of drug-likeness (QED) is 0.622. The lowest BCUT2D eigenvalue weighted by Gasteiger charge is -2.28. The molecule has 0 amide bonds. The van der Waals surface area contributed by atoms with Crippen molar-refractivity contribution < 1.29 is 0 Å². The first kappa shape index (κ1) is 12.9. The van der Waals surface area contributed by atoms with E-state index in [2.05, 4.69) is 9.88 Å². The third-order valence-electron chi connectivity index (χ3n) is 3.56. The summed E-state index contributed by atoms with van der Waals surface area (Å²) in [7, 11) is 0. The SMILES string of the molecule is Cc1ccnc(N2CCCCCCC2)c1C(=N)N. The number of rotatable bonds is 2. The molecule has 1 aromatic rings. The number of hydrogen-bond donors (Lipinski definition) is 2. The lowest BCUT2D eigenvalue weighted by atomic mass is 10.1. The maximum Gasteiger partial charge on any atom is 0.139 e. The van der Waals surface area contributed by atoms with Crippen LogP contribution in [0.25, 0.3) is 0 Å². The van der Waals surface area contributed by atoms with Gasteiger partial charge in [-0.15, -0.1) is 0 Å². The van der Waals surface area contributed by atoms with Crippen molar-refractivity contribution in [3.63, 3.8) is 0 Å². The van der Waals surface area contributed by atoms with Gasteiger partial charge in [-0.25, -0.2) is 4.98 Å². The minimum absolute atomic E-state index is 0.123. The number of nitrogens with two attached hydrogens (primary N) is 1. The van der Waals surface area contributed by atoms with E-state index in [1.165, 1.54) is 32.1 Å². The third-order valence-corrected chi connectivity index (χ3v) is 3.56. The van der Waals surface area contributed by atoms with Crippen molar-refractivity contribution in [2.24, 2.45) is 5.73 Å². The molecule has 1 fully saturated rings. The number of anilines is 1. The standard InChI is InChI=1S/C14H22N4/c1-11-7-8-17-14(12(11)13(15)16)18-9-5-3-2-4-6-10-18/h7-8H,2-6,9-10H2,1H3,(H3,15,16). The largest absolute Gasteiger partial charge is 0.384 e. The van der Waals surface area contributed by atoms with E-state index >= 15 is 0 Å². The monoisotopic (exact) mass is 246 g/mol. The summed E-state index contributed by atoms with van der Waals surface area (Å²) in [5.41, 5.74) is 7.55. The summed E-state index contributed by atoms with van der Waals surface area (Å²) >= 11 is 0. The molecule has 2 heterocycles. The van der Waals surface area contributed by atoms with Crippen LogP contribution in [0, 0.1) is 12.3 Å². The molecule has 0 bridgehead atoms. The first-order valence-corrected chi connectivity index (χ1v) is 6.75. The molecular weight excluding hydrogens is 224 g/mol. The van der Waals surface area contributed by atoms with Crippen LogP contribution in [-0.2, 0) is 0 Å². The zero-order chi connectivity index (χ0) is 13.0. The minimum Gasteiger partial charge on any atom is -0.384 e. The Kier molecular flexibility index (Phi) is 4.18. The van der Waals surface area contributed by atoms with Gasteiger partial charge < -0.3 is 10.6 Å². The molecule has 0 spiro atoms. The van der Waals surface area contributed by atoms with Crippen LogP contribution in [-0.4, -0.2) is 23.9 Å². The van der Waals surface area contributed by atoms with Crippen molar-refractivity contribution in [1.82, 2.24) is 4.98 Å². The van der Waals surface area contributed by atoms with Crippen molar-refractivity contribution in [2.75, 3.05) is 18.0 Å². The summed E-state index contributed by atoms with van der Waals surface area (Å²) < 4.78 is 0. The fraction of sp³-hybridized carbons (Fsp3) is 0.571. The Hall–Kier alpha value is -1.58. The Balaban J connectivity index is 2.30. The zero-order valence-electron chi connectivity index (χ0n) is 11.1. The molecule has 3 N–H and O–H groups in total. The van der Waals surface area contributed by atoms with Gasteiger partial charge in [-0.3, -0.25) is 5.41 Å². The topological polar surface area (TPSA) is 66.0 Å². The molecule has 4 nitrogen and oxygen atoms in total. The molecule has 0 saturated carbocycles. The highest BCUT2D eigenvalue weighted by Crippen LogP contribution is 2.23. The van der Waals surface area contributed by atoms with Crippen molar-refractivity contribution in [1.29, 1.82) is 5.41 Å². The normalized spacial score (nSPS) is 17.1. The lowest BCUT2D eigenvalue weighted by Crippen LogP contribution is -2.31. The molecule has 1 aliphatic heterocycles. The number of nitrogens with zero attached hydrogens (tertiary/aromatic N) is 2. The Morgan fingerprint density at radius 2 is 1.83 bits per heavy atom. The van der Waals surface area contributed by atoms with E-state index in [9.17, 15) is 0 Å². The number of aromatic nitrogens is 1. The lowest BCUT2D eigenvalue weighted by molar-refractivity contribution is 0.553. The zero-order valence-corrected chi connectivity index (χ0v) is 11.1. The molecular formula is C14H22N4. The first-order chi connectivity index (χ1) is 8.70. The molecule has 1 saturated heterocycles. The number of aryl methyl sites for hydroxylation is 1. The van der Waals surface area contributed by atoms with Gasteiger partial charge in [-0.1, -0.05) is 19.3 Å². The second kappa shape index (κ2) is 5.85. The van der Waals surface area contributed by atoms with E-state index in [1.54, 1.807) is 0 Å². The van der Waals surface area contributed by atoms with Crippen LogP contribution < -0.4 is 10.6 Å². The Morgan fingerprint density at radius 3 is 2.44 bits per heavy atom. The minimum atomic E-state index is 0.123. The van der Waals surface area contributed by atoms with E-state index in [4.69, 9.17) is 11.1 Å². The fourth-order valence-corrected chi connectivity index (χ4v) is 2.58. The second-order valence-electron chi connectivity index (χ2n) is 4.99. The average molecular weight is 246 g/mol. The van der Waals surface area contributed by atoms with Crippen LogP contribution >= 0.6 is 0 Å². The molecule has 0 radical (unpaired) electrons. The highest BCUT2D eigenvalue weighted by atomic mass is 15.2. The summed E-state index contributed by atoms with van der Waals surface area (Å²) in [6, 6.07) is 1.92. The van der Waals surface area contributed by atoms with Gasteiger partial charge >= 0.3 is 0 Å². The molecule has 18 heavy (non-hydrogen) atoms. The molecule has 98 valence electrons. The number of amidine groups is 1. The van der Waals surface area contributed by atoms with Gasteiger partial charge in [0.05, 0.1) is 5.56 Å². The Morgan fingerprint density at radius 1 is 1.22 bits per heavy atom. The predicted molar refractivity (Wildman–Crippen MR) is 75.3 cm³/mol. The predicted octanol–water partition coefficient (Wildman–Crippen LogP) is 2.44. The molecule has 0 atom stereocenters. The van der Waals surface area contributed by atoms with E-state index in [1.807, 2.05) is 19.2 Å². The molecule has 0 unspecified atom stereocenters. The van der Waals surface area contributed by atoms with E-state index < -0.39 is 0 Å². The van der Waals surface area contributed by atoms with Gasteiger partial charge in [0.25, 0.3) is 0 Å². The maximum absolute atomic E-state index is 7.74. The Labute approximate surface area is 109 Å². The number of hydrogen-bond acceptors (Lipinski definition) is 3. The van der Waals surface area contributed by atoms with Gasteiger partial charge in [0.15, 0.2) is 0 Å². The molecule has 0 aromatic carbocycles. The van der Waals surface area contributed by atoms with E-state index in [0.717, 1.165) is 30.0 Å².